The Morgan fingerprint density at radius 2 is 1.84 bits per heavy atom. The highest BCUT2D eigenvalue weighted by Crippen LogP contribution is 2.28. The first kappa shape index (κ1) is 21.6. The SMILES string of the molecule is CCc1nc(C=O)c(Nc2ccc(N3CCN(C)CC3)cc2)nc1Oc1cccc(N)c1. The Bertz CT molecular complexity index is 1080. The average Bonchev–Trinajstić information content (AvgIpc) is 2.80. The molecule has 0 unspecified atom stereocenters. The number of nitrogens with zero attached hydrogens (tertiary/aromatic N) is 4. The Morgan fingerprint density at radius 1 is 1.09 bits per heavy atom. The number of piperazine rings is 1. The Kier molecular flexibility index (Phi) is 6.51. The van der Waals surface area contributed by atoms with E-state index in [0.29, 0.717) is 41.5 Å². The first-order valence-corrected chi connectivity index (χ1v) is 10.8. The minimum absolute atomic E-state index is 0.241. The van der Waals surface area contributed by atoms with Crippen molar-refractivity contribution in [3.05, 3.63) is 59.9 Å². The summed E-state index contributed by atoms with van der Waals surface area (Å²) in [5, 5.41) is 3.21. The van der Waals surface area contributed by atoms with E-state index in [1.165, 1.54) is 5.69 Å². The van der Waals surface area contributed by atoms with Crippen molar-refractivity contribution in [3.8, 4) is 11.6 Å². The van der Waals surface area contributed by atoms with Crippen molar-refractivity contribution in [1.29, 1.82) is 0 Å². The quantitative estimate of drug-likeness (QED) is 0.431. The molecule has 0 radical (unpaired) electrons. The molecule has 1 saturated heterocycles. The lowest BCUT2D eigenvalue weighted by Gasteiger charge is -2.34. The number of nitrogen functional groups attached to an aromatic ring is 1. The van der Waals surface area contributed by atoms with Crippen molar-refractivity contribution in [3.63, 3.8) is 0 Å². The molecular weight excluding hydrogens is 404 g/mol. The van der Waals surface area contributed by atoms with Crippen LogP contribution in [-0.4, -0.2) is 54.4 Å². The second kappa shape index (κ2) is 9.65. The molecule has 2 aromatic carbocycles. The molecule has 0 bridgehead atoms. The molecule has 2 heterocycles. The molecule has 0 spiro atoms. The van der Waals surface area contributed by atoms with Gasteiger partial charge in [0.05, 0.1) is 0 Å². The molecule has 3 aromatic rings. The van der Waals surface area contributed by atoms with Crippen LogP contribution in [-0.2, 0) is 6.42 Å². The Hall–Kier alpha value is -3.65. The van der Waals surface area contributed by atoms with Crippen LogP contribution in [0.5, 0.6) is 11.6 Å². The number of nitrogens with one attached hydrogen (secondary N) is 1. The van der Waals surface area contributed by atoms with Gasteiger partial charge in [-0.1, -0.05) is 13.0 Å². The predicted octanol–water partition coefficient (Wildman–Crippen LogP) is 3.72. The number of nitrogens with two attached hydrogens (primary N) is 1. The molecule has 1 aliphatic rings. The van der Waals surface area contributed by atoms with Gasteiger partial charge in [0.1, 0.15) is 17.1 Å². The zero-order valence-electron chi connectivity index (χ0n) is 18.4. The third-order valence-corrected chi connectivity index (χ3v) is 5.48. The molecule has 8 nitrogen and oxygen atoms in total. The summed E-state index contributed by atoms with van der Waals surface area (Å²) in [5.74, 6) is 1.26. The average molecular weight is 433 g/mol. The topological polar surface area (TPSA) is 96.6 Å². The van der Waals surface area contributed by atoms with Gasteiger partial charge < -0.3 is 25.6 Å². The van der Waals surface area contributed by atoms with Crippen molar-refractivity contribution in [1.82, 2.24) is 14.9 Å². The molecule has 166 valence electrons. The predicted molar refractivity (Wildman–Crippen MR) is 127 cm³/mol. The number of aromatic nitrogens is 2. The molecule has 1 aliphatic heterocycles. The Labute approximate surface area is 188 Å². The fourth-order valence-electron chi connectivity index (χ4n) is 3.60. The van der Waals surface area contributed by atoms with Crippen molar-refractivity contribution in [2.24, 2.45) is 0 Å². The lowest BCUT2D eigenvalue weighted by Crippen LogP contribution is -2.44. The number of rotatable bonds is 7. The van der Waals surface area contributed by atoms with Crippen LogP contribution in [0.25, 0.3) is 0 Å². The van der Waals surface area contributed by atoms with Gasteiger partial charge in [-0.15, -0.1) is 0 Å². The third kappa shape index (κ3) is 4.97. The van der Waals surface area contributed by atoms with Crippen LogP contribution in [0.1, 0.15) is 23.1 Å². The Balaban J connectivity index is 1.56. The monoisotopic (exact) mass is 432 g/mol. The molecule has 1 aromatic heterocycles. The normalized spacial score (nSPS) is 14.2. The maximum absolute atomic E-state index is 11.7. The van der Waals surface area contributed by atoms with Gasteiger partial charge in [-0.25, -0.2) is 4.98 Å². The lowest BCUT2D eigenvalue weighted by atomic mass is 10.2. The second-order valence-corrected chi connectivity index (χ2v) is 7.82. The van der Waals surface area contributed by atoms with Gasteiger partial charge in [-0.05, 0) is 49.9 Å². The number of benzene rings is 2. The van der Waals surface area contributed by atoms with Gasteiger partial charge in [0, 0.05) is 49.3 Å². The zero-order valence-corrected chi connectivity index (χ0v) is 18.4. The van der Waals surface area contributed by atoms with Gasteiger partial charge in [0.25, 0.3) is 0 Å². The van der Waals surface area contributed by atoms with Crippen molar-refractivity contribution >= 4 is 29.2 Å². The fraction of sp³-hybridized carbons (Fsp3) is 0.292. The highest BCUT2D eigenvalue weighted by atomic mass is 16.5. The standard InChI is InChI=1S/C24H28N6O2/c1-3-21-24(32-20-6-4-5-17(25)15-20)28-23(22(16-31)27-21)26-18-7-9-19(10-8-18)30-13-11-29(2)12-14-30/h4-10,15-16H,3,11-14,25H2,1-2H3,(H,26,28). The van der Waals surface area contributed by atoms with E-state index in [1.807, 2.05) is 25.1 Å². The summed E-state index contributed by atoms with van der Waals surface area (Å²) < 4.78 is 5.95. The maximum atomic E-state index is 11.7. The lowest BCUT2D eigenvalue weighted by molar-refractivity contribution is 0.111. The van der Waals surface area contributed by atoms with E-state index in [1.54, 1.807) is 18.2 Å². The summed E-state index contributed by atoms with van der Waals surface area (Å²) in [6.45, 7) is 6.06. The molecule has 4 rings (SSSR count). The second-order valence-electron chi connectivity index (χ2n) is 7.82. The van der Waals surface area contributed by atoms with Crippen LogP contribution in [0, 0.1) is 0 Å². The fourth-order valence-corrected chi connectivity index (χ4v) is 3.60. The molecule has 8 heteroatoms. The molecule has 0 aliphatic carbocycles. The largest absolute Gasteiger partial charge is 0.437 e. The molecule has 0 saturated carbocycles. The number of aryl methyl sites for hydroxylation is 1. The molecular formula is C24H28N6O2. The highest BCUT2D eigenvalue weighted by molar-refractivity contribution is 5.82. The van der Waals surface area contributed by atoms with Gasteiger partial charge in [0.2, 0.25) is 5.88 Å². The molecule has 0 amide bonds. The molecule has 32 heavy (non-hydrogen) atoms. The zero-order chi connectivity index (χ0) is 22.5. The van der Waals surface area contributed by atoms with Gasteiger partial charge in [-0.3, -0.25) is 4.79 Å². The van der Waals surface area contributed by atoms with E-state index in [0.717, 1.165) is 31.9 Å². The Morgan fingerprint density at radius 3 is 2.50 bits per heavy atom. The first-order chi connectivity index (χ1) is 15.6. The van der Waals surface area contributed by atoms with E-state index >= 15 is 0 Å². The van der Waals surface area contributed by atoms with Crippen LogP contribution in [0.4, 0.5) is 22.9 Å². The minimum Gasteiger partial charge on any atom is -0.437 e. The maximum Gasteiger partial charge on any atom is 0.243 e. The van der Waals surface area contributed by atoms with Crippen LogP contribution < -0.4 is 20.7 Å². The van der Waals surface area contributed by atoms with E-state index in [4.69, 9.17) is 10.5 Å². The summed E-state index contributed by atoms with van der Waals surface area (Å²) in [6.07, 6.45) is 1.28. The van der Waals surface area contributed by atoms with E-state index in [9.17, 15) is 4.79 Å². The summed E-state index contributed by atoms with van der Waals surface area (Å²) in [5.41, 5.74) is 9.29. The summed E-state index contributed by atoms with van der Waals surface area (Å²) in [4.78, 5) is 25.4. The van der Waals surface area contributed by atoms with Crippen molar-refractivity contribution in [2.45, 2.75) is 13.3 Å². The highest BCUT2D eigenvalue weighted by Gasteiger charge is 2.16. The number of anilines is 4. The number of likely N-dealkylation sites (N-methyl/N-ethyl adjacent to an activating group) is 1. The molecule has 1 fully saturated rings. The van der Waals surface area contributed by atoms with Gasteiger partial charge in [-0.2, -0.15) is 4.98 Å². The first-order valence-electron chi connectivity index (χ1n) is 10.8. The molecule has 3 N–H and O–H groups in total. The van der Waals surface area contributed by atoms with E-state index in [-0.39, 0.29) is 5.69 Å². The summed E-state index contributed by atoms with van der Waals surface area (Å²) in [7, 11) is 2.14. The molecule has 0 atom stereocenters. The van der Waals surface area contributed by atoms with E-state index < -0.39 is 0 Å². The van der Waals surface area contributed by atoms with Gasteiger partial charge in [0.15, 0.2) is 12.1 Å². The third-order valence-electron chi connectivity index (χ3n) is 5.48. The van der Waals surface area contributed by atoms with Crippen molar-refractivity contribution in [2.75, 3.05) is 49.2 Å². The number of hydrogen-bond acceptors (Lipinski definition) is 8. The van der Waals surface area contributed by atoms with Crippen LogP contribution >= 0.6 is 0 Å². The van der Waals surface area contributed by atoms with Crippen LogP contribution in [0.3, 0.4) is 0 Å². The van der Waals surface area contributed by atoms with Crippen LogP contribution in [0.2, 0.25) is 0 Å². The minimum atomic E-state index is 0.241. The van der Waals surface area contributed by atoms with Crippen LogP contribution in [0.15, 0.2) is 48.5 Å². The summed E-state index contributed by atoms with van der Waals surface area (Å²) in [6, 6.07) is 15.2. The van der Waals surface area contributed by atoms with Gasteiger partial charge >= 0.3 is 0 Å². The summed E-state index contributed by atoms with van der Waals surface area (Å²) >= 11 is 0. The number of aldehydes is 1. The van der Waals surface area contributed by atoms with E-state index in [2.05, 4.69) is 44.3 Å². The van der Waals surface area contributed by atoms with Crippen molar-refractivity contribution < 1.29 is 9.53 Å². The number of hydrogen-bond donors (Lipinski definition) is 2. The number of ether oxygens (including phenoxy) is 1. The number of carbonyl (C=O) groups excluding carboxylic acids is 1. The smallest absolute Gasteiger partial charge is 0.243 e. The number of carbonyl (C=O) groups is 1.